The molecule has 34 heavy (non-hydrogen) atoms. The van der Waals surface area contributed by atoms with E-state index in [9.17, 15) is 22.4 Å². The van der Waals surface area contributed by atoms with Crippen molar-refractivity contribution in [2.75, 3.05) is 13.2 Å². The highest BCUT2D eigenvalue weighted by Crippen LogP contribution is 2.36. The van der Waals surface area contributed by atoms with Crippen molar-refractivity contribution in [3.8, 4) is 0 Å². The molecule has 7 nitrogen and oxygen atoms in total. The smallest absolute Gasteiger partial charge is 0.349 e. The van der Waals surface area contributed by atoms with E-state index < -0.39 is 41.7 Å². The maximum absolute atomic E-state index is 13.6. The van der Waals surface area contributed by atoms with Gasteiger partial charge in [0.25, 0.3) is 0 Å². The van der Waals surface area contributed by atoms with Gasteiger partial charge in [0.05, 0.1) is 30.9 Å². The Labute approximate surface area is 192 Å². The number of nitrogens with zero attached hydrogens (tertiary/aromatic N) is 2. The highest BCUT2D eigenvalue weighted by atomic mass is 19.4. The molecule has 2 heterocycles. The minimum atomic E-state index is -4.48. The Kier molecular flexibility index (Phi) is 6.87. The molecule has 4 rings (SSSR count). The predicted octanol–water partition coefficient (Wildman–Crippen LogP) is 4.24. The van der Waals surface area contributed by atoms with E-state index in [0.717, 1.165) is 12.1 Å². The standard InChI is InChI=1S/C23H24F4N4O3/c1-13-9-16(11-17(10-13)23(25,26)27)14(2)34-21-20(15-3-5-18(24)6-4-15)31(7-8-33-21)12-19-28-22(32)30-29-19/h3-6,9-11,14,20-21H,7-8,12H2,1-2H3,(H2,28,29,30,32)/t14-,20+,21?/m1/s1. The van der Waals surface area contributed by atoms with Crippen LogP contribution in [0.4, 0.5) is 17.6 Å². The largest absolute Gasteiger partial charge is 0.416 e. The maximum Gasteiger partial charge on any atom is 0.416 e. The number of hydrogen-bond donors (Lipinski definition) is 2. The van der Waals surface area contributed by atoms with Crippen LogP contribution in [0.15, 0.2) is 47.3 Å². The van der Waals surface area contributed by atoms with Gasteiger partial charge in [-0.1, -0.05) is 23.8 Å². The lowest BCUT2D eigenvalue weighted by Gasteiger charge is -2.41. The second-order valence-electron chi connectivity index (χ2n) is 8.23. The first-order valence-corrected chi connectivity index (χ1v) is 10.7. The minimum absolute atomic E-state index is 0.251. The lowest BCUT2D eigenvalue weighted by atomic mass is 10.0. The molecular formula is C23H24F4N4O3. The lowest BCUT2D eigenvalue weighted by molar-refractivity contribution is -0.231. The third-order valence-electron chi connectivity index (χ3n) is 5.66. The lowest BCUT2D eigenvalue weighted by Crippen LogP contribution is -2.46. The zero-order valence-corrected chi connectivity index (χ0v) is 18.5. The van der Waals surface area contributed by atoms with Crippen LogP contribution in [0.1, 0.15) is 47.1 Å². The van der Waals surface area contributed by atoms with Crippen molar-refractivity contribution in [1.82, 2.24) is 20.1 Å². The third-order valence-corrected chi connectivity index (χ3v) is 5.66. The van der Waals surface area contributed by atoms with Gasteiger partial charge in [-0.05, 0) is 49.2 Å². The van der Waals surface area contributed by atoms with Crippen molar-refractivity contribution < 1.29 is 27.0 Å². The Morgan fingerprint density at radius 1 is 1.21 bits per heavy atom. The van der Waals surface area contributed by atoms with Crippen LogP contribution in [0.5, 0.6) is 0 Å². The summed E-state index contributed by atoms with van der Waals surface area (Å²) in [6.07, 6.45) is -6.07. The third kappa shape index (κ3) is 5.54. The molecule has 0 spiro atoms. The maximum atomic E-state index is 13.6. The fraction of sp³-hybridized carbons (Fsp3) is 0.391. The van der Waals surface area contributed by atoms with E-state index in [1.807, 2.05) is 4.90 Å². The second kappa shape index (κ2) is 9.69. The molecule has 1 aliphatic heterocycles. The fourth-order valence-corrected chi connectivity index (χ4v) is 4.07. The van der Waals surface area contributed by atoms with Gasteiger partial charge in [-0.2, -0.15) is 18.2 Å². The van der Waals surface area contributed by atoms with Crippen molar-refractivity contribution in [1.29, 1.82) is 0 Å². The normalized spacial score (nSPS) is 20.4. The molecule has 0 saturated carbocycles. The molecule has 2 aromatic carbocycles. The Morgan fingerprint density at radius 3 is 2.59 bits per heavy atom. The van der Waals surface area contributed by atoms with E-state index in [4.69, 9.17) is 9.47 Å². The summed E-state index contributed by atoms with van der Waals surface area (Å²) in [6, 6.07) is 9.10. The van der Waals surface area contributed by atoms with Crippen molar-refractivity contribution in [3.63, 3.8) is 0 Å². The van der Waals surface area contributed by atoms with Crippen LogP contribution in [-0.2, 0) is 22.2 Å². The molecule has 1 fully saturated rings. The molecule has 182 valence electrons. The number of morpholine rings is 1. The first kappa shape index (κ1) is 24.1. The number of alkyl halides is 3. The number of hydrogen-bond acceptors (Lipinski definition) is 5. The summed E-state index contributed by atoms with van der Waals surface area (Å²) in [6.45, 7) is 4.25. The van der Waals surface area contributed by atoms with Crippen LogP contribution in [0.3, 0.4) is 0 Å². The molecule has 0 bridgehead atoms. The Hall–Kier alpha value is -3.02. The van der Waals surface area contributed by atoms with Crippen LogP contribution < -0.4 is 5.69 Å². The first-order valence-electron chi connectivity index (χ1n) is 10.7. The summed E-state index contributed by atoms with van der Waals surface area (Å²) < 4.78 is 65.5. The molecule has 2 N–H and O–H groups in total. The summed E-state index contributed by atoms with van der Waals surface area (Å²) >= 11 is 0. The monoisotopic (exact) mass is 480 g/mol. The number of nitrogens with one attached hydrogen (secondary N) is 2. The molecule has 1 saturated heterocycles. The Bertz CT molecular complexity index is 1180. The Morgan fingerprint density at radius 2 is 1.94 bits per heavy atom. The number of aromatic nitrogens is 3. The van der Waals surface area contributed by atoms with Crippen LogP contribution in [0.2, 0.25) is 0 Å². The number of rotatable bonds is 6. The summed E-state index contributed by atoms with van der Waals surface area (Å²) in [4.78, 5) is 17.2. The molecule has 0 aliphatic carbocycles. The van der Waals surface area contributed by atoms with Gasteiger partial charge >= 0.3 is 11.9 Å². The quantitative estimate of drug-likeness (QED) is 0.516. The van der Waals surface area contributed by atoms with Crippen LogP contribution >= 0.6 is 0 Å². The van der Waals surface area contributed by atoms with Crippen molar-refractivity contribution in [3.05, 3.63) is 86.8 Å². The zero-order chi connectivity index (χ0) is 24.5. The number of aromatic amines is 2. The highest BCUT2D eigenvalue weighted by molar-refractivity contribution is 5.32. The molecule has 1 aromatic heterocycles. The summed E-state index contributed by atoms with van der Waals surface area (Å²) in [5.74, 6) is -0.00625. The molecule has 0 amide bonds. The van der Waals surface area contributed by atoms with E-state index in [2.05, 4.69) is 15.2 Å². The van der Waals surface area contributed by atoms with E-state index in [1.165, 1.54) is 12.1 Å². The molecule has 0 radical (unpaired) electrons. The molecule has 1 aliphatic rings. The van der Waals surface area contributed by atoms with Crippen molar-refractivity contribution in [2.24, 2.45) is 0 Å². The van der Waals surface area contributed by atoms with Gasteiger partial charge in [0, 0.05) is 6.54 Å². The van der Waals surface area contributed by atoms with Crippen LogP contribution in [-0.4, -0.2) is 39.5 Å². The number of H-pyrrole nitrogens is 2. The van der Waals surface area contributed by atoms with Crippen molar-refractivity contribution in [2.45, 2.75) is 45.0 Å². The average molecular weight is 480 g/mol. The highest BCUT2D eigenvalue weighted by Gasteiger charge is 2.37. The van der Waals surface area contributed by atoms with E-state index in [0.29, 0.717) is 29.1 Å². The number of benzene rings is 2. The molecule has 3 atom stereocenters. The van der Waals surface area contributed by atoms with Gasteiger partial charge in [0.15, 0.2) is 6.29 Å². The van der Waals surface area contributed by atoms with Crippen LogP contribution in [0, 0.1) is 12.7 Å². The molecule has 3 aromatic rings. The predicted molar refractivity (Wildman–Crippen MR) is 114 cm³/mol. The van der Waals surface area contributed by atoms with Crippen LogP contribution in [0.25, 0.3) is 0 Å². The summed E-state index contributed by atoms with van der Waals surface area (Å²) in [5, 5.41) is 5.09. The second-order valence-corrected chi connectivity index (χ2v) is 8.23. The van der Waals surface area contributed by atoms with E-state index in [-0.39, 0.29) is 13.2 Å². The SMILES string of the molecule is Cc1cc([C@@H](C)OC2OCCN(Cc3nc(=O)[nH][nH]3)[C@H]2c2ccc(F)cc2)cc(C(F)(F)F)c1. The Balaban J connectivity index is 1.62. The number of aryl methyl sites for hydroxylation is 1. The fourth-order valence-electron chi connectivity index (χ4n) is 4.07. The van der Waals surface area contributed by atoms with E-state index in [1.54, 1.807) is 32.0 Å². The van der Waals surface area contributed by atoms with Gasteiger partial charge < -0.3 is 9.47 Å². The number of halogens is 4. The summed E-state index contributed by atoms with van der Waals surface area (Å²) in [5.41, 5.74) is 0.257. The zero-order valence-electron chi connectivity index (χ0n) is 18.5. The van der Waals surface area contributed by atoms with E-state index >= 15 is 0 Å². The van der Waals surface area contributed by atoms with Gasteiger partial charge in [0.2, 0.25) is 0 Å². The van der Waals surface area contributed by atoms with Gasteiger partial charge in [0.1, 0.15) is 11.6 Å². The number of ether oxygens (including phenoxy) is 2. The van der Waals surface area contributed by atoms with Gasteiger partial charge in [-0.25, -0.2) is 14.3 Å². The minimum Gasteiger partial charge on any atom is -0.349 e. The average Bonchev–Trinajstić information content (AvgIpc) is 3.18. The summed E-state index contributed by atoms with van der Waals surface area (Å²) in [7, 11) is 0. The van der Waals surface area contributed by atoms with Gasteiger partial charge in [-0.15, -0.1) is 0 Å². The topological polar surface area (TPSA) is 83.2 Å². The molecule has 1 unspecified atom stereocenters. The molecule has 11 heteroatoms. The van der Waals surface area contributed by atoms with Crippen molar-refractivity contribution >= 4 is 0 Å². The molecular weight excluding hydrogens is 456 g/mol. The first-order chi connectivity index (χ1) is 16.1. The van der Waals surface area contributed by atoms with Gasteiger partial charge in [-0.3, -0.25) is 10.00 Å².